The van der Waals surface area contributed by atoms with Gasteiger partial charge in [0.1, 0.15) is 11.6 Å². The first-order valence-electron chi connectivity index (χ1n) is 7.70. The van der Waals surface area contributed by atoms with Gasteiger partial charge in [0.05, 0.1) is 11.0 Å². The Labute approximate surface area is 129 Å². The van der Waals surface area contributed by atoms with E-state index in [4.69, 9.17) is 5.73 Å². The van der Waals surface area contributed by atoms with Gasteiger partial charge in [0.2, 0.25) is 0 Å². The lowest BCUT2D eigenvalue weighted by Crippen LogP contribution is -2.01. The Hall–Kier alpha value is -2.36. The molecule has 0 spiro atoms. The third-order valence-corrected chi connectivity index (χ3v) is 3.84. The summed E-state index contributed by atoms with van der Waals surface area (Å²) in [7, 11) is 0. The van der Waals surface area contributed by atoms with E-state index in [0.29, 0.717) is 11.2 Å². The monoisotopic (exact) mass is 297 g/mol. The van der Waals surface area contributed by atoms with E-state index >= 15 is 0 Å². The first kappa shape index (κ1) is 14.6. The van der Waals surface area contributed by atoms with Crippen LogP contribution in [0.2, 0.25) is 0 Å². The standard InChI is InChI=1S/C18H20FN3/c1-2-3-4-10-22-17-9-8-14(19)12-16(17)21-18(22)13-6-5-7-15(20)11-13/h5-9,11-12H,2-4,10,20H2,1H3. The highest BCUT2D eigenvalue weighted by Gasteiger charge is 2.13. The lowest BCUT2D eigenvalue weighted by Gasteiger charge is -2.09. The maximum Gasteiger partial charge on any atom is 0.141 e. The fourth-order valence-electron chi connectivity index (χ4n) is 2.75. The van der Waals surface area contributed by atoms with Gasteiger partial charge in [-0.3, -0.25) is 0 Å². The Balaban J connectivity index is 2.12. The third-order valence-electron chi connectivity index (χ3n) is 3.84. The molecule has 3 rings (SSSR count). The van der Waals surface area contributed by atoms with Gasteiger partial charge in [-0.05, 0) is 30.7 Å². The molecule has 0 saturated carbocycles. The van der Waals surface area contributed by atoms with E-state index in [9.17, 15) is 4.39 Å². The maximum atomic E-state index is 13.5. The molecule has 4 heteroatoms. The number of anilines is 1. The number of nitrogens with zero attached hydrogens (tertiary/aromatic N) is 2. The van der Waals surface area contributed by atoms with Crippen LogP contribution in [0.4, 0.5) is 10.1 Å². The minimum atomic E-state index is -0.259. The summed E-state index contributed by atoms with van der Waals surface area (Å²) in [6.45, 7) is 3.06. The second kappa shape index (κ2) is 6.18. The number of halogens is 1. The van der Waals surface area contributed by atoms with E-state index < -0.39 is 0 Å². The first-order valence-corrected chi connectivity index (χ1v) is 7.70. The molecule has 0 bridgehead atoms. The van der Waals surface area contributed by atoms with Crippen LogP contribution in [0.25, 0.3) is 22.4 Å². The first-order chi connectivity index (χ1) is 10.7. The Morgan fingerprint density at radius 3 is 2.77 bits per heavy atom. The number of benzene rings is 2. The van der Waals surface area contributed by atoms with Crippen LogP contribution in [0.3, 0.4) is 0 Å². The van der Waals surface area contributed by atoms with Crippen molar-refractivity contribution in [1.82, 2.24) is 9.55 Å². The van der Waals surface area contributed by atoms with Crippen molar-refractivity contribution in [2.45, 2.75) is 32.7 Å². The summed E-state index contributed by atoms with van der Waals surface area (Å²) in [6, 6.07) is 12.5. The molecule has 2 N–H and O–H groups in total. The van der Waals surface area contributed by atoms with E-state index in [-0.39, 0.29) is 5.82 Å². The van der Waals surface area contributed by atoms with Crippen molar-refractivity contribution in [3.05, 3.63) is 48.3 Å². The number of nitrogen functional groups attached to an aromatic ring is 1. The Kier molecular flexibility index (Phi) is 4.09. The van der Waals surface area contributed by atoms with Crippen LogP contribution >= 0.6 is 0 Å². The van der Waals surface area contributed by atoms with Crippen LogP contribution in [0.5, 0.6) is 0 Å². The average Bonchev–Trinajstić information content (AvgIpc) is 2.85. The fraction of sp³-hybridized carbons (Fsp3) is 0.278. The molecule has 1 aromatic heterocycles. The number of aromatic nitrogens is 2. The highest BCUT2D eigenvalue weighted by Crippen LogP contribution is 2.27. The van der Waals surface area contributed by atoms with Crippen molar-refractivity contribution in [2.24, 2.45) is 0 Å². The predicted molar refractivity (Wildman–Crippen MR) is 89.1 cm³/mol. The molecule has 0 amide bonds. The van der Waals surface area contributed by atoms with Gasteiger partial charge in [-0.2, -0.15) is 0 Å². The number of imidazole rings is 1. The SMILES string of the molecule is CCCCCn1c(-c2cccc(N)c2)nc2cc(F)ccc21. The van der Waals surface area contributed by atoms with E-state index in [1.54, 1.807) is 6.07 Å². The van der Waals surface area contributed by atoms with Crippen molar-refractivity contribution in [2.75, 3.05) is 5.73 Å². The molecule has 0 aliphatic carbocycles. The van der Waals surface area contributed by atoms with Crippen LogP contribution in [0, 0.1) is 5.82 Å². The van der Waals surface area contributed by atoms with Crippen LogP contribution in [0.1, 0.15) is 26.2 Å². The van der Waals surface area contributed by atoms with Crippen LogP contribution < -0.4 is 5.73 Å². The van der Waals surface area contributed by atoms with Gasteiger partial charge in [0, 0.05) is 23.9 Å². The highest BCUT2D eigenvalue weighted by molar-refractivity contribution is 5.81. The van der Waals surface area contributed by atoms with Crippen LogP contribution in [0.15, 0.2) is 42.5 Å². The minimum Gasteiger partial charge on any atom is -0.399 e. The van der Waals surface area contributed by atoms with Crippen LogP contribution in [-0.4, -0.2) is 9.55 Å². The number of hydrogen-bond acceptors (Lipinski definition) is 2. The number of hydrogen-bond donors (Lipinski definition) is 1. The van der Waals surface area contributed by atoms with Gasteiger partial charge >= 0.3 is 0 Å². The largest absolute Gasteiger partial charge is 0.399 e. The molecule has 2 aromatic carbocycles. The summed E-state index contributed by atoms with van der Waals surface area (Å²) in [6.07, 6.45) is 3.40. The summed E-state index contributed by atoms with van der Waals surface area (Å²) < 4.78 is 15.6. The second-order valence-electron chi connectivity index (χ2n) is 5.55. The normalized spacial score (nSPS) is 11.2. The van der Waals surface area contributed by atoms with E-state index in [2.05, 4.69) is 16.5 Å². The van der Waals surface area contributed by atoms with Crippen LogP contribution in [-0.2, 0) is 6.54 Å². The Morgan fingerprint density at radius 2 is 2.00 bits per heavy atom. The van der Waals surface area contributed by atoms with Crippen molar-refractivity contribution >= 4 is 16.7 Å². The number of aryl methyl sites for hydroxylation is 1. The molecule has 0 aliphatic heterocycles. The molecule has 3 aromatic rings. The number of rotatable bonds is 5. The Morgan fingerprint density at radius 1 is 1.14 bits per heavy atom. The average molecular weight is 297 g/mol. The maximum absolute atomic E-state index is 13.5. The molecule has 22 heavy (non-hydrogen) atoms. The highest BCUT2D eigenvalue weighted by atomic mass is 19.1. The van der Waals surface area contributed by atoms with Crippen molar-refractivity contribution in [3.8, 4) is 11.4 Å². The number of nitrogens with two attached hydrogens (primary N) is 1. The fourth-order valence-corrected chi connectivity index (χ4v) is 2.75. The summed E-state index contributed by atoms with van der Waals surface area (Å²) in [5, 5.41) is 0. The van der Waals surface area contributed by atoms with Crippen molar-refractivity contribution < 1.29 is 4.39 Å². The van der Waals surface area contributed by atoms with Gasteiger partial charge in [-0.1, -0.05) is 31.9 Å². The smallest absolute Gasteiger partial charge is 0.141 e. The summed E-state index contributed by atoms with van der Waals surface area (Å²) in [5.41, 5.74) is 9.22. The summed E-state index contributed by atoms with van der Waals surface area (Å²) in [5.74, 6) is 0.592. The Bertz CT molecular complexity index is 792. The molecule has 1 heterocycles. The topological polar surface area (TPSA) is 43.8 Å². The van der Waals surface area contributed by atoms with E-state index in [1.807, 2.05) is 24.3 Å². The van der Waals surface area contributed by atoms with Gasteiger partial charge in [0.25, 0.3) is 0 Å². The molecular weight excluding hydrogens is 277 g/mol. The van der Waals surface area contributed by atoms with Crippen molar-refractivity contribution in [1.29, 1.82) is 0 Å². The zero-order valence-electron chi connectivity index (χ0n) is 12.7. The molecule has 114 valence electrons. The number of unbranched alkanes of at least 4 members (excludes halogenated alkanes) is 2. The zero-order chi connectivity index (χ0) is 15.5. The summed E-state index contributed by atoms with van der Waals surface area (Å²) >= 11 is 0. The quantitative estimate of drug-likeness (QED) is 0.552. The van der Waals surface area contributed by atoms with E-state index in [1.165, 1.54) is 12.1 Å². The second-order valence-corrected chi connectivity index (χ2v) is 5.55. The third kappa shape index (κ3) is 2.82. The zero-order valence-corrected chi connectivity index (χ0v) is 12.7. The van der Waals surface area contributed by atoms with Gasteiger partial charge in [-0.25, -0.2) is 9.37 Å². The molecule has 0 unspecified atom stereocenters. The minimum absolute atomic E-state index is 0.259. The number of fused-ring (bicyclic) bond motifs is 1. The molecule has 0 aliphatic rings. The van der Waals surface area contributed by atoms with Gasteiger partial charge in [-0.15, -0.1) is 0 Å². The molecule has 3 nitrogen and oxygen atoms in total. The summed E-state index contributed by atoms with van der Waals surface area (Å²) in [4.78, 5) is 4.63. The lowest BCUT2D eigenvalue weighted by molar-refractivity contribution is 0.616. The molecular formula is C18H20FN3. The van der Waals surface area contributed by atoms with E-state index in [0.717, 1.165) is 42.7 Å². The molecule has 0 fully saturated rings. The lowest BCUT2D eigenvalue weighted by atomic mass is 10.2. The predicted octanol–water partition coefficient (Wildman–Crippen LogP) is 4.61. The molecule has 0 atom stereocenters. The molecule has 0 radical (unpaired) electrons. The molecule has 0 saturated heterocycles. The van der Waals surface area contributed by atoms with Gasteiger partial charge < -0.3 is 10.3 Å². The van der Waals surface area contributed by atoms with Gasteiger partial charge in [0.15, 0.2) is 0 Å². The van der Waals surface area contributed by atoms with Crippen molar-refractivity contribution in [3.63, 3.8) is 0 Å².